The Bertz CT molecular complexity index is 625. The maximum Gasteiger partial charge on any atom is 0.338 e. The number of hydrogen-bond donors (Lipinski definition) is 1. The van der Waals surface area contributed by atoms with E-state index in [-0.39, 0.29) is 11.7 Å². The van der Waals surface area contributed by atoms with Gasteiger partial charge in [-0.25, -0.2) is 4.79 Å². The van der Waals surface area contributed by atoms with Crippen molar-refractivity contribution in [1.82, 2.24) is 0 Å². The highest BCUT2D eigenvalue weighted by Gasteiger charge is 2.14. The van der Waals surface area contributed by atoms with Crippen molar-refractivity contribution in [1.29, 1.82) is 0 Å². The van der Waals surface area contributed by atoms with Gasteiger partial charge in [0, 0.05) is 24.8 Å². The van der Waals surface area contributed by atoms with Gasteiger partial charge in [0.1, 0.15) is 5.75 Å². The molecule has 0 aliphatic heterocycles. The number of ether oxygens (including phenoxy) is 1. The number of carbonyl (C=O) groups is 1. The number of nitrogens with zero attached hydrogens (tertiary/aromatic N) is 1. The molecule has 1 N–H and O–H groups in total. The van der Waals surface area contributed by atoms with Gasteiger partial charge in [0.05, 0.1) is 12.7 Å². The third-order valence-corrected chi connectivity index (χ3v) is 3.36. The molecule has 0 heterocycles. The molecule has 0 amide bonds. The molecule has 0 spiro atoms. The molecule has 21 heavy (non-hydrogen) atoms. The second-order valence-electron chi connectivity index (χ2n) is 4.68. The van der Waals surface area contributed by atoms with Crippen LogP contribution in [0.4, 0.5) is 5.69 Å². The van der Waals surface area contributed by atoms with E-state index >= 15 is 0 Å². The normalized spacial score (nSPS) is 10.2. The lowest BCUT2D eigenvalue weighted by molar-refractivity contribution is 0.0599. The predicted octanol–water partition coefficient (Wildman–Crippen LogP) is 3.21. The Balaban J connectivity index is 2.29. The van der Waals surface area contributed by atoms with Crippen LogP contribution in [-0.4, -0.2) is 24.7 Å². The number of methoxy groups -OCH3 is 1. The Hall–Kier alpha value is -2.49. The van der Waals surface area contributed by atoms with Crippen molar-refractivity contribution >= 4 is 11.7 Å². The van der Waals surface area contributed by atoms with E-state index in [9.17, 15) is 9.90 Å². The summed E-state index contributed by atoms with van der Waals surface area (Å²) >= 11 is 0. The molecule has 0 radical (unpaired) electrons. The number of anilines is 1. The molecule has 0 aliphatic carbocycles. The molecule has 0 atom stereocenters. The zero-order chi connectivity index (χ0) is 15.2. The van der Waals surface area contributed by atoms with E-state index in [1.165, 1.54) is 7.11 Å². The first-order valence-electron chi connectivity index (χ1n) is 6.86. The molecule has 0 unspecified atom stereocenters. The van der Waals surface area contributed by atoms with Crippen LogP contribution in [0.25, 0.3) is 0 Å². The molecule has 110 valence electrons. The lowest BCUT2D eigenvalue weighted by atomic mass is 10.1. The highest BCUT2D eigenvalue weighted by Crippen LogP contribution is 2.23. The SMILES string of the molecule is CCN(Cc1ccccc1C(=O)OC)c1cccc(O)c1. The summed E-state index contributed by atoms with van der Waals surface area (Å²) in [5.41, 5.74) is 2.38. The molecule has 2 aromatic rings. The maximum absolute atomic E-state index is 11.8. The van der Waals surface area contributed by atoms with Crippen LogP contribution >= 0.6 is 0 Å². The molecule has 2 rings (SSSR count). The van der Waals surface area contributed by atoms with Gasteiger partial charge in [-0.15, -0.1) is 0 Å². The number of phenols is 1. The molecule has 0 aliphatic rings. The van der Waals surface area contributed by atoms with Gasteiger partial charge in [-0.05, 0) is 30.7 Å². The molecule has 2 aromatic carbocycles. The summed E-state index contributed by atoms with van der Waals surface area (Å²) in [4.78, 5) is 13.9. The second-order valence-corrected chi connectivity index (χ2v) is 4.68. The van der Waals surface area contributed by atoms with Crippen LogP contribution in [0.2, 0.25) is 0 Å². The van der Waals surface area contributed by atoms with Gasteiger partial charge in [0.25, 0.3) is 0 Å². The number of esters is 1. The third kappa shape index (κ3) is 3.54. The zero-order valence-electron chi connectivity index (χ0n) is 12.2. The Morgan fingerprint density at radius 1 is 1.19 bits per heavy atom. The molecular formula is C17H19NO3. The third-order valence-electron chi connectivity index (χ3n) is 3.36. The fourth-order valence-corrected chi connectivity index (χ4v) is 2.25. The van der Waals surface area contributed by atoms with Crippen LogP contribution in [0.3, 0.4) is 0 Å². The fourth-order valence-electron chi connectivity index (χ4n) is 2.25. The van der Waals surface area contributed by atoms with Crippen LogP contribution in [-0.2, 0) is 11.3 Å². The van der Waals surface area contributed by atoms with Crippen molar-refractivity contribution in [2.24, 2.45) is 0 Å². The van der Waals surface area contributed by atoms with Crippen LogP contribution in [0.15, 0.2) is 48.5 Å². The van der Waals surface area contributed by atoms with E-state index in [0.717, 1.165) is 17.8 Å². The standard InChI is InChI=1S/C17H19NO3/c1-3-18(14-8-6-9-15(19)11-14)12-13-7-4-5-10-16(13)17(20)21-2/h4-11,19H,3,12H2,1-2H3. The Morgan fingerprint density at radius 3 is 2.62 bits per heavy atom. The van der Waals surface area contributed by atoms with Crippen molar-refractivity contribution in [3.63, 3.8) is 0 Å². The maximum atomic E-state index is 11.8. The number of carbonyl (C=O) groups excluding carboxylic acids is 1. The molecule has 0 aromatic heterocycles. The summed E-state index contributed by atoms with van der Waals surface area (Å²) in [6.45, 7) is 3.37. The van der Waals surface area contributed by atoms with E-state index in [1.807, 2.05) is 31.2 Å². The van der Waals surface area contributed by atoms with Gasteiger partial charge in [-0.3, -0.25) is 0 Å². The van der Waals surface area contributed by atoms with E-state index in [4.69, 9.17) is 4.74 Å². The summed E-state index contributed by atoms with van der Waals surface area (Å²) < 4.78 is 4.82. The lowest BCUT2D eigenvalue weighted by Gasteiger charge is -2.24. The first-order valence-corrected chi connectivity index (χ1v) is 6.86. The average molecular weight is 285 g/mol. The minimum absolute atomic E-state index is 0.229. The Kier molecular flexibility index (Phi) is 4.82. The summed E-state index contributed by atoms with van der Waals surface area (Å²) in [5, 5.41) is 9.60. The molecule has 0 saturated carbocycles. The van der Waals surface area contributed by atoms with Crippen molar-refractivity contribution in [3.8, 4) is 5.75 Å². The molecular weight excluding hydrogens is 266 g/mol. The van der Waals surface area contributed by atoms with Crippen molar-refractivity contribution < 1.29 is 14.6 Å². The van der Waals surface area contributed by atoms with E-state index < -0.39 is 0 Å². The van der Waals surface area contributed by atoms with E-state index in [0.29, 0.717) is 12.1 Å². The first-order chi connectivity index (χ1) is 10.2. The summed E-state index contributed by atoms with van der Waals surface area (Å²) in [6, 6.07) is 14.5. The van der Waals surface area contributed by atoms with Crippen LogP contribution in [0.5, 0.6) is 5.75 Å². The number of aromatic hydroxyl groups is 1. The highest BCUT2D eigenvalue weighted by molar-refractivity contribution is 5.91. The monoisotopic (exact) mass is 285 g/mol. The molecule has 0 saturated heterocycles. The molecule has 4 nitrogen and oxygen atoms in total. The quantitative estimate of drug-likeness (QED) is 0.857. The lowest BCUT2D eigenvalue weighted by Crippen LogP contribution is -2.23. The number of benzene rings is 2. The minimum atomic E-state index is -0.336. The van der Waals surface area contributed by atoms with Gasteiger partial charge in [0.15, 0.2) is 0 Å². The van der Waals surface area contributed by atoms with E-state index in [1.54, 1.807) is 24.3 Å². The van der Waals surface area contributed by atoms with Gasteiger partial charge < -0.3 is 14.7 Å². The smallest absolute Gasteiger partial charge is 0.338 e. The topological polar surface area (TPSA) is 49.8 Å². The van der Waals surface area contributed by atoms with Crippen LogP contribution in [0, 0.1) is 0 Å². The highest BCUT2D eigenvalue weighted by atomic mass is 16.5. The Labute approximate surface area is 124 Å². The van der Waals surface area contributed by atoms with Crippen LogP contribution < -0.4 is 4.90 Å². The molecule has 0 bridgehead atoms. The van der Waals surface area contributed by atoms with Gasteiger partial charge >= 0.3 is 5.97 Å². The predicted molar refractivity (Wildman–Crippen MR) is 82.6 cm³/mol. The zero-order valence-corrected chi connectivity index (χ0v) is 12.2. The van der Waals surface area contributed by atoms with Crippen molar-refractivity contribution in [2.45, 2.75) is 13.5 Å². The van der Waals surface area contributed by atoms with E-state index in [2.05, 4.69) is 4.90 Å². The number of phenolic OH excluding ortho intramolecular Hbond substituents is 1. The number of rotatable bonds is 5. The fraction of sp³-hybridized carbons (Fsp3) is 0.235. The first kappa shape index (κ1) is 14.9. The minimum Gasteiger partial charge on any atom is -0.508 e. The largest absolute Gasteiger partial charge is 0.508 e. The molecule has 4 heteroatoms. The average Bonchev–Trinajstić information content (AvgIpc) is 2.52. The van der Waals surface area contributed by atoms with Gasteiger partial charge in [0.2, 0.25) is 0 Å². The Morgan fingerprint density at radius 2 is 1.95 bits per heavy atom. The summed E-state index contributed by atoms with van der Waals surface area (Å²) in [5.74, 6) is -0.107. The summed E-state index contributed by atoms with van der Waals surface area (Å²) in [7, 11) is 1.38. The number of hydrogen-bond acceptors (Lipinski definition) is 4. The van der Waals surface area contributed by atoms with Gasteiger partial charge in [-0.1, -0.05) is 24.3 Å². The molecule has 0 fully saturated rings. The van der Waals surface area contributed by atoms with Crippen LogP contribution in [0.1, 0.15) is 22.8 Å². The van der Waals surface area contributed by atoms with Gasteiger partial charge in [-0.2, -0.15) is 0 Å². The second kappa shape index (κ2) is 6.79. The summed E-state index contributed by atoms with van der Waals surface area (Å²) in [6.07, 6.45) is 0. The van der Waals surface area contributed by atoms with Crippen molar-refractivity contribution in [3.05, 3.63) is 59.7 Å². The van der Waals surface area contributed by atoms with Crippen molar-refractivity contribution in [2.75, 3.05) is 18.6 Å².